The maximum atomic E-state index is 11.3. The van der Waals surface area contributed by atoms with Gasteiger partial charge in [-0.2, -0.15) is 11.8 Å². The second-order valence-electron chi connectivity index (χ2n) is 4.31. The van der Waals surface area contributed by atoms with Gasteiger partial charge < -0.3 is 15.7 Å². The first-order valence-corrected chi connectivity index (χ1v) is 5.99. The van der Waals surface area contributed by atoms with Crippen molar-refractivity contribution in [3.63, 3.8) is 0 Å². The Hall–Kier alpha value is -0.750. The molecule has 1 atom stereocenters. The maximum Gasteiger partial charge on any atom is 0.321 e. The van der Waals surface area contributed by atoms with E-state index in [0.29, 0.717) is 12.2 Å². The molecule has 0 aromatic rings. The number of carbonyl (C=O) groups is 2. The van der Waals surface area contributed by atoms with Crippen molar-refractivity contribution >= 4 is 23.6 Å². The van der Waals surface area contributed by atoms with Crippen molar-refractivity contribution in [2.45, 2.75) is 31.1 Å². The lowest BCUT2D eigenvalue weighted by Gasteiger charge is -2.28. The summed E-state index contributed by atoms with van der Waals surface area (Å²) in [5, 5.41) is 8.80. The molecule has 0 aromatic carbocycles. The van der Waals surface area contributed by atoms with Crippen LogP contribution in [0.1, 0.15) is 20.3 Å². The fraction of sp³-hybridized carbons (Fsp3) is 0.800. The predicted molar refractivity (Wildman–Crippen MR) is 65.5 cm³/mol. The molecule has 0 bridgehead atoms. The summed E-state index contributed by atoms with van der Waals surface area (Å²) >= 11 is 1.41. The summed E-state index contributed by atoms with van der Waals surface area (Å²) in [6, 6.07) is -0.924. The highest BCUT2D eigenvalue weighted by molar-refractivity contribution is 8.00. The summed E-state index contributed by atoms with van der Waals surface area (Å²) in [4.78, 5) is 23.6. The minimum Gasteiger partial charge on any atom is -0.480 e. The van der Waals surface area contributed by atoms with Crippen LogP contribution in [0, 0.1) is 0 Å². The molecule has 0 unspecified atom stereocenters. The van der Waals surface area contributed by atoms with Gasteiger partial charge in [-0.3, -0.25) is 9.59 Å². The standard InChI is InChI=1S/C10H20N2O3S/c1-10(2,8(11)9(14)15)16-6-5-7(13)12(3)4/h8H,5-6,11H2,1-4H3,(H,14,15)/t8-/m0/s1. The second kappa shape index (κ2) is 6.10. The van der Waals surface area contributed by atoms with Gasteiger partial charge in [0.1, 0.15) is 6.04 Å². The minimum atomic E-state index is -1.02. The summed E-state index contributed by atoms with van der Waals surface area (Å²) in [5.41, 5.74) is 5.56. The number of rotatable bonds is 6. The Kier molecular flexibility index (Phi) is 5.81. The van der Waals surface area contributed by atoms with E-state index < -0.39 is 16.8 Å². The number of aliphatic carboxylic acids is 1. The molecule has 0 heterocycles. The van der Waals surface area contributed by atoms with Crippen LogP contribution in [0.4, 0.5) is 0 Å². The van der Waals surface area contributed by atoms with Crippen molar-refractivity contribution in [2.24, 2.45) is 5.73 Å². The van der Waals surface area contributed by atoms with Crippen LogP contribution in [-0.4, -0.2) is 52.5 Å². The minimum absolute atomic E-state index is 0.0344. The third-order valence-electron chi connectivity index (χ3n) is 2.30. The summed E-state index contributed by atoms with van der Waals surface area (Å²) in [7, 11) is 3.39. The Morgan fingerprint density at radius 1 is 1.44 bits per heavy atom. The van der Waals surface area contributed by atoms with Crippen molar-refractivity contribution in [1.82, 2.24) is 4.90 Å². The number of carboxylic acids is 1. The Morgan fingerprint density at radius 3 is 2.31 bits per heavy atom. The molecule has 0 aliphatic carbocycles. The second-order valence-corrected chi connectivity index (χ2v) is 6.06. The van der Waals surface area contributed by atoms with Crippen LogP contribution in [0.3, 0.4) is 0 Å². The van der Waals surface area contributed by atoms with Gasteiger partial charge in [-0.1, -0.05) is 0 Å². The van der Waals surface area contributed by atoms with Crippen molar-refractivity contribution in [3.05, 3.63) is 0 Å². The highest BCUT2D eigenvalue weighted by Crippen LogP contribution is 2.28. The van der Waals surface area contributed by atoms with Gasteiger partial charge in [0.05, 0.1) is 0 Å². The molecule has 1 amide bonds. The van der Waals surface area contributed by atoms with Crippen LogP contribution < -0.4 is 5.73 Å². The fourth-order valence-electron chi connectivity index (χ4n) is 1.01. The van der Waals surface area contributed by atoms with Gasteiger partial charge in [-0.05, 0) is 13.8 Å². The highest BCUT2D eigenvalue weighted by Gasteiger charge is 2.32. The number of thioether (sulfide) groups is 1. The zero-order valence-electron chi connectivity index (χ0n) is 10.2. The molecule has 0 aliphatic rings. The molecule has 0 spiro atoms. The lowest BCUT2D eigenvalue weighted by molar-refractivity contribution is -0.139. The van der Waals surface area contributed by atoms with E-state index in [4.69, 9.17) is 10.8 Å². The van der Waals surface area contributed by atoms with Crippen LogP contribution in [0.5, 0.6) is 0 Å². The zero-order chi connectivity index (χ0) is 12.9. The first kappa shape index (κ1) is 15.2. The first-order valence-electron chi connectivity index (χ1n) is 5.01. The third-order valence-corrected chi connectivity index (χ3v) is 3.71. The van der Waals surface area contributed by atoms with Gasteiger partial charge in [0.2, 0.25) is 5.91 Å². The predicted octanol–water partition coefficient (Wildman–Crippen LogP) is 0.388. The summed E-state index contributed by atoms with van der Waals surface area (Å²) in [6.07, 6.45) is 0.396. The normalized spacial score (nSPS) is 13.3. The number of carboxylic acid groups (broad SMARTS) is 1. The summed E-state index contributed by atoms with van der Waals surface area (Å²) in [5.74, 6) is -0.408. The quantitative estimate of drug-likeness (QED) is 0.710. The number of carbonyl (C=O) groups excluding carboxylic acids is 1. The van der Waals surface area contributed by atoms with E-state index >= 15 is 0 Å². The van der Waals surface area contributed by atoms with E-state index in [-0.39, 0.29) is 5.91 Å². The average Bonchev–Trinajstić information content (AvgIpc) is 2.15. The summed E-state index contributed by atoms with van der Waals surface area (Å²) < 4.78 is -0.571. The van der Waals surface area contributed by atoms with Gasteiger partial charge in [0, 0.05) is 31.0 Å². The number of nitrogens with zero attached hydrogens (tertiary/aromatic N) is 1. The number of amides is 1. The topological polar surface area (TPSA) is 83.6 Å². The molecule has 6 heteroatoms. The van der Waals surface area contributed by atoms with Crippen molar-refractivity contribution in [3.8, 4) is 0 Å². The van der Waals surface area contributed by atoms with Crippen molar-refractivity contribution < 1.29 is 14.7 Å². The van der Waals surface area contributed by atoms with Gasteiger partial charge >= 0.3 is 5.97 Å². The van der Waals surface area contributed by atoms with E-state index in [2.05, 4.69) is 0 Å². The van der Waals surface area contributed by atoms with Crippen LogP contribution in [0.2, 0.25) is 0 Å². The number of hydrogen-bond donors (Lipinski definition) is 2. The zero-order valence-corrected chi connectivity index (χ0v) is 11.0. The van der Waals surface area contributed by atoms with E-state index in [9.17, 15) is 9.59 Å². The first-order chi connectivity index (χ1) is 7.18. The Morgan fingerprint density at radius 2 is 1.94 bits per heavy atom. The largest absolute Gasteiger partial charge is 0.480 e. The lowest BCUT2D eigenvalue weighted by atomic mass is 10.1. The smallest absolute Gasteiger partial charge is 0.321 e. The molecule has 0 aliphatic heterocycles. The van der Waals surface area contributed by atoms with Gasteiger partial charge in [0.25, 0.3) is 0 Å². The Labute approximate surface area is 100 Å². The molecule has 94 valence electrons. The maximum absolute atomic E-state index is 11.3. The molecule has 3 N–H and O–H groups in total. The molecular formula is C10H20N2O3S. The number of hydrogen-bond acceptors (Lipinski definition) is 4. The monoisotopic (exact) mass is 248 g/mol. The third kappa shape index (κ3) is 4.85. The van der Waals surface area contributed by atoms with Gasteiger partial charge in [0.15, 0.2) is 0 Å². The van der Waals surface area contributed by atoms with E-state index in [1.165, 1.54) is 16.7 Å². The van der Waals surface area contributed by atoms with Crippen LogP contribution >= 0.6 is 11.8 Å². The van der Waals surface area contributed by atoms with E-state index in [1.807, 2.05) is 0 Å². The van der Waals surface area contributed by atoms with Crippen LogP contribution in [0.25, 0.3) is 0 Å². The Balaban J connectivity index is 4.10. The molecule has 0 radical (unpaired) electrons. The molecule has 5 nitrogen and oxygen atoms in total. The molecule has 16 heavy (non-hydrogen) atoms. The molecule has 0 aromatic heterocycles. The van der Waals surface area contributed by atoms with Crippen molar-refractivity contribution in [2.75, 3.05) is 19.8 Å². The number of nitrogens with two attached hydrogens (primary N) is 1. The van der Waals surface area contributed by atoms with Gasteiger partial charge in [-0.15, -0.1) is 0 Å². The molecule has 0 saturated carbocycles. The van der Waals surface area contributed by atoms with Gasteiger partial charge in [-0.25, -0.2) is 0 Å². The highest BCUT2D eigenvalue weighted by atomic mass is 32.2. The van der Waals surface area contributed by atoms with Crippen LogP contribution in [0.15, 0.2) is 0 Å². The summed E-state index contributed by atoms with van der Waals surface area (Å²) in [6.45, 7) is 3.55. The van der Waals surface area contributed by atoms with E-state index in [1.54, 1.807) is 27.9 Å². The molecule has 0 fully saturated rings. The SMILES string of the molecule is CN(C)C(=O)CCSC(C)(C)[C@@H](N)C(=O)O. The average molecular weight is 248 g/mol. The lowest BCUT2D eigenvalue weighted by Crippen LogP contribution is -2.47. The molecule has 0 saturated heterocycles. The van der Waals surface area contributed by atoms with Crippen LogP contribution in [-0.2, 0) is 9.59 Å². The molecular weight excluding hydrogens is 228 g/mol. The Bertz CT molecular complexity index is 267. The molecule has 0 rings (SSSR count). The van der Waals surface area contributed by atoms with E-state index in [0.717, 1.165) is 0 Å². The van der Waals surface area contributed by atoms with Crippen molar-refractivity contribution in [1.29, 1.82) is 0 Å². The fourth-order valence-corrected chi connectivity index (χ4v) is 2.10.